The zero-order chi connectivity index (χ0) is 26.4. The summed E-state index contributed by atoms with van der Waals surface area (Å²) < 4.78 is 0. The van der Waals surface area contributed by atoms with E-state index in [1.165, 1.54) is 0 Å². The molecule has 0 aliphatic carbocycles. The number of hydrogen-bond acceptors (Lipinski definition) is 9. The molecule has 0 aliphatic rings. The quantitative estimate of drug-likeness (QED) is 0.0411. The maximum absolute atomic E-state index is 12.5. The molecule has 0 heterocycles. The Balaban J connectivity index is 5.18. The van der Waals surface area contributed by atoms with Gasteiger partial charge in [0.15, 0.2) is 5.96 Å². The van der Waals surface area contributed by atoms with Crippen molar-refractivity contribution in [3.05, 3.63) is 0 Å². The lowest BCUT2D eigenvalue weighted by Gasteiger charge is -2.23. The molecule has 0 saturated heterocycles. The minimum Gasteiger partial charge on any atom is -0.481 e. The SMILES string of the molecule is NC(N)=NCCCC(N)C(=O)NC(CS)C(=O)NC(CC(=O)O)C(=O)NC(CC(=O)O)C(=O)O. The molecule has 34 heavy (non-hydrogen) atoms. The van der Waals surface area contributed by atoms with Crippen molar-refractivity contribution in [1.82, 2.24) is 16.0 Å². The van der Waals surface area contributed by atoms with Gasteiger partial charge >= 0.3 is 17.9 Å². The third kappa shape index (κ3) is 12.4. The van der Waals surface area contributed by atoms with Crippen LogP contribution in [0.2, 0.25) is 0 Å². The number of nitrogens with two attached hydrogens (primary N) is 3. The van der Waals surface area contributed by atoms with E-state index < -0.39 is 72.6 Å². The van der Waals surface area contributed by atoms with Crippen LogP contribution < -0.4 is 33.2 Å². The molecule has 0 rings (SSSR count). The van der Waals surface area contributed by atoms with Crippen molar-refractivity contribution in [2.45, 2.75) is 49.9 Å². The first kappa shape index (κ1) is 30.4. The standard InChI is InChI=1S/C17H29N7O9S/c18-7(2-1-3-21-17(19)20)13(29)24-10(6-34)15(31)22-8(4-11(25)26)14(30)23-9(16(32)33)5-12(27)28/h7-10,34H,1-6,18H2,(H,22,31)(H,23,30)(H,24,29)(H,25,26)(H,27,28)(H,32,33)(H4,19,20,21). The van der Waals surface area contributed by atoms with E-state index in [1.54, 1.807) is 0 Å². The van der Waals surface area contributed by atoms with Gasteiger partial charge in [0.25, 0.3) is 0 Å². The van der Waals surface area contributed by atoms with Crippen molar-refractivity contribution in [3.63, 3.8) is 0 Å². The first-order valence-corrected chi connectivity index (χ1v) is 10.4. The van der Waals surface area contributed by atoms with Crippen molar-refractivity contribution in [1.29, 1.82) is 0 Å². The van der Waals surface area contributed by atoms with Crippen molar-refractivity contribution in [3.8, 4) is 0 Å². The minimum absolute atomic E-state index is 0.123. The molecule has 0 bridgehead atoms. The third-order valence-electron chi connectivity index (χ3n) is 4.12. The van der Waals surface area contributed by atoms with Crippen LogP contribution in [0.5, 0.6) is 0 Å². The maximum atomic E-state index is 12.5. The molecule has 0 spiro atoms. The van der Waals surface area contributed by atoms with Gasteiger partial charge in [0.05, 0.1) is 18.9 Å². The summed E-state index contributed by atoms with van der Waals surface area (Å²) in [5, 5.41) is 33.0. The summed E-state index contributed by atoms with van der Waals surface area (Å²) >= 11 is 3.95. The smallest absolute Gasteiger partial charge is 0.326 e. The van der Waals surface area contributed by atoms with Crippen LogP contribution in [0.15, 0.2) is 4.99 Å². The van der Waals surface area contributed by atoms with Gasteiger partial charge in [0, 0.05) is 12.3 Å². The lowest BCUT2D eigenvalue weighted by Crippen LogP contribution is -2.58. The summed E-state index contributed by atoms with van der Waals surface area (Å²) in [6.45, 7) is 0.227. The molecule has 0 fully saturated rings. The van der Waals surface area contributed by atoms with E-state index in [0.29, 0.717) is 6.42 Å². The lowest BCUT2D eigenvalue weighted by atomic mass is 10.1. The number of nitrogens with zero attached hydrogens (tertiary/aromatic N) is 1. The zero-order valence-electron chi connectivity index (χ0n) is 18.0. The highest BCUT2D eigenvalue weighted by molar-refractivity contribution is 7.80. The molecule has 0 aromatic rings. The number of aliphatic carboxylic acids is 3. The van der Waals surface area contributed by atoms with Crippen LogP contribution in [0.1, 0.15) is 25.7 Å². The van der Waals surface area contributed by atoms with Crippen LogP contribution in [0.4, 0.5) is 0 Å². The second-order valence-corrected chi connectivity index (χ2v) is 7.32. The maximum Gasteiger partial charge on any atom is 0.326 e. The number of rotatable bonds is 16. The van der Waals surface area contributed by atoms with Gasteiger partial charge in [-0.3, -0.25) is 29.0 Å². The van der Waals surface area contributed by atoms with Gasteiger partial charge in [-0.1, -0.05) is 0 Å². The number of guanidine groups is 1. The molecule has 16 nitrogen and oxygen atoms in total. The first-order valence-electron chi connectivity index (χ1n) is 9.77. The second kappa shape index (κ2) is 15.3. The molecule has 17 heteroatoms. The fourth-order valence-electron chi connectivity index (χ4n) is 2.43. The van der Waals surface area contributed by atoms with Crippen molar-refractivity contribution < 1.29 is 44.1 Å². The average Bonchev–Trinajstić information content (AvgIpc) is 2.72. The van der Waals surface area contributed by atoms with E-state index in [1.807, 2.05) is 5.32 Å². The molecule has 0 aromatic heterocycles. The molecule has 3 amide bonds. The largest absolute Gasteiger partial charge is 0.481 e. The summed E-state index contributed by atoms with van der Waals surface area (Å²) in [4.78, 5) is 73.8. The number of thiol groups is 1. The van der Waals surface area contributed by atoms with E-state index in [4.69, 9.17) is 32.5 Å². The lowest BCUT2D eigenvalue weighted by molar-refractivity contribution is -0.148. The number of aliphatic imine (C=N–C) groups is 1. The fourth-order valence-corrected chi connectivity index (χ4v) is 2.68. The number of carbonyl (C=O) groups excluding carboxylic acids is 3. The van der Waals surface area contributed by atoms with E-state index in [0.717, 1.165) is 0 Å². The Labute approximate surface area is 199 Å². The Morgan fingerprint density at radius 2 is 1.26 bits per heavy atom. The molecule has 0 saturated carbocycles. The zero-order valence-corrected chi connectivity index (χ0v) is 18.9. The first-order chi connectivity index (χ1) is 15.8. The summed E-state index contributed by atoms with van der Waals surface area (Å²) in [5.74, 6) is -8.07. The topological polar surface area (TPSA) is 290 Å². The molecule has 0 aliphatic heterocycles. The summed E-state index contributed by atoms with van der Waals surface area (Å²) in [6.07, 6.45) is -1.39. The van der Waals surface area contributed by atoms with Crippen LogP contribution in [0.3, 0.4) is 0 Å². The van der Waals surface area contributed by atoms with E-state index in [-0.39, 0.29) is 24.7 Å². The molecule has 0 aromatic carbocycles. The van der Waals surface area contributed by atoms with Crippen LogP contribution >= 0.6 is 12.6 Å². The highest BCUT2D eigenvalue weighted by Crippen LogP contribution is 2.02. The highest BCUT2D eigenvalue weighted by atomic mass is 32.1. The van der Waals surface area contributed by atoms with Crippen molar-refractivity contribution in [2.24, 2.45) is 22.2 Å². The van der Waals surface area contributed by atoms with Gasteiger partial charge in [0.2, 0.25) is 17.7 Å². The van der Waals surface area contributed by atoms with E-state index in [2.05, 4.69) is 28.3 Å². The Kier molecular flexibility index (Phi) is 13.7. The Bertz CT molecular complexity index is 804. The Morgan fingerprint density at radius 1 is 0.794 bits per heavy atom. The molecular formula is C17H29N7O9S. The summed E-state index contributed by atoms with van der Waals surface area (Å²) in [5.41, 5.74) is 16.1. The third-order valence-corrected chi connectivity index (χ3v) is 4.49. The fraction of sp³-hybridized carbons (Fsp3) is 0.588. The van der Waals surface area contributed by atoms with Crippen molar-refractivity contribution >= 4 is 54.2 Å². The number of hydrogen-bond donors (Lipinski definition) is 10. The Hall–Kier alpha value is -3.60. The monoisotopic (exact) mass is 507 g/mol. The predicted octanol–water partition coefficient (Wildman–Crippen LogP) is -4.21. The van der Waals surface area contributed by atoms with E-state index in [9.17, 15) is 28.8 Å². The highest BCUT2D eigenvalue weighted by Gasteiger charge is 2.31. The van der Waals surface area contributed by atoms with Crippen LogP contribution in [0, 0.1) is 0 Å². The number of amides is 3. The van der Waals surface area contributed by atoms with Gasteiger partial charge < -0.3 is 48.5 Å². The molecule has 192 valence electrons. The Morgan fingerprint density at radius 3 is 1.74 bits per heavy atom. The average molecular weight is 508 g/mol. The normalized spacial score (nSPS) is 13.9. The molecule has 0 radical (unpaired) electrons. The number of carboxylic acids is 3. The predicted molar refractivity (Wildman–Crippen MR) is 120 cm³/mol. The molecule has 4 atom stereocenters. The van der Waals surface area contributed by atoms with Gasteiger partial charge in [-0.2, -0.15) is 12.6 Å². The van der Waals surface area contributed by atoms with Crippen LogP contribution in [-0.2, 0) is 28.8 Å². The summed E-state index contributed by atoms with van der Waals surface area (Å²) in [7, 11) is 0. The molecule has 12 N–H and O–H groups in total. The van der Waals surface area contributed by atoms with Gasteiger partial charge in [-0.25, -0.2) is 4.79 Å². The van der Waals surface area contributed by atoms with Crippen LogP contribution in [-0.4, -0.2) is 93.4 Å². The number of carboxylic acid groups (broad SMARTS) is 3. The molecule has 4 unspecified atom stereocenters. The van der Waals surface area contributed by atoms with Crippen LogP contribution in [0.25, 0.3) is 0 Å². The van der Waals surface area contributed by atoms with Crippen molar-refractivity contribution in [2.75, 3.05) is 12.3 Å². The summed E-state index contributed by atoms with van der Waals surface area (Å²) in [6, 6.07) is -5.99. The minimum atomic E-state index is -1.87. The second-order valence-electron chi connectivity index (χ2n) is 6.96. The molecular weight excluding hydrogens is 478 g/mol. The number of carbonyl (C=O) groups is 6. The van der Waals surface area contributed by atoms with Gasteiger partial charge in [0.1, 0.15) is 18.1 Å². The van der Waals surface area contributed by atoms with E-state index >= 15 is 0 Å². The van der Waals surface area contributed by atoms with Gasteiger partial charge in [-0.15, -0.1) is 0 Å². The number of nitrogens with one attached hydrogen (secondary N) is 3. The van der Waals surface area contributed by atoms with Gasteiger partial charge in [-0.05, 0) is 12.8 Å².